The summed E-state index contributed by atoms with van der Waals surface area (Å²) in [6, 6.07) is 15.8. The Morgan fingerprint density at radius 1 is 1.06 bits per heavy atom. The average molecular weight is 307 g/mol. The topological polar surface area (TPSA) is 17.1 Å². The van der Waals surface area contributed by atoms with Crippen LogP contribution in [-0.4, -0.2) is 6.29 Å². The fraction of sp³-hybridized carbons (Fsp3) is 0.0714. The third-order valence-electron chi connectivity index (χ3n) is 2.37. The second-order valence-electron chi connectivity index (χ2n) is 3.57. The SMILES string of the molecule is O=Cc1ccc(SCc2ccccc2Br)cc1. The number of halogens is 1. The van der Waals surface area contributed by atoms with Crippen LogP contribution in [0.2, 0.25) is 0 Å². The van der Waals surface area contributed by atoms with Crippen LogP contribution < -0.4 is 0 Å². The van der Waals surface area contributed by atoms with Crippen LogP contribution >= 0.6 is 27.7 Å². The quantitative estimate of drug-likeness (QED) is 0.609. The molecule has 0 fully saturated rings. The van der Waals surface area contributed by atoms with Crippen LogP contribution in [0.1, 0.15) is 15.9 Å². The summed E-state index contributed by atoms with van der Waals surface area (Å²) >= 11 is 5.29. The first kappa shape index (κ1) is 12.4. The molecule has 0 radical (unpaired) electrons. The van der Waals surface area contributed by atoms with Crippen molar-refractivity contribution in [2.75, 3.05) is 0 Å². The Balaban J connectivity index is 2.02. The molecule has 17 heavy (non-hydrogen) atoms. The highest BCUT2D eigenvalue weighted by atomic mass is 79.9. The summed E-state index contributed by atoms with van der Waals surface area (Å²) in [7, 11) is 0. The minimum absolute atomic E-state index is 0.718. The Morgan fingerprint density at radius 3 is 2.41 bits per heavy atom. The molecule has 2 aromatic rings. The highest BCUT2D eigenvalue weighted by molar-refractivity contribution is 9.10. The van der Waals surface area contributed by atoms with Crippen molar-refractivity contribution in [3.8, 4) is 0 Å². The second kappa shape index (κ2) is 6.03. The largest absolute Gasteiger partial charge is 0.298 e. The zero-order valence-corrected chi connectivity index (χ0v) is 11.5. The summed E-state index contributed by atoms with van der Waals surface area (Å²) in [5, 5.41) is 0. The summed E-state index contributed by atoms with van der Waals surface area (Å²) < 4.78 is 1.14. The van der Waals surface area contributed by atoms with Crippen LogP contribution in [-0.2, 0) is 5.75 Å². The molecule has 2 aromatic carbocycles. The van der Waals surface area contributed by atoms with Crippen molar-refractivity contribution in [3.05, 3.63) is 64.1 Å². The number of aldehydes is 1. The summed E-state index contributed by atoms with van der Waals surface area (Å²) in [6.07, 6.45) is 0.863. The number of thioether (sulfide) groups is 1. The molecule has 0 saturated heterocycles. The maximum absolute atomic E-state index is 10.5. The summed E-state index contributed by atoms with van der Waals surface area (Å²) in [4.78, 5) is 11.7. The Kier molecular flexibility index (Phi) is 4.40. The lowest BCUT2D eigenvalue weighted by Gasteiger charge is -2.04. The van der Waals surface area contributed by atoms with Crippen LogP contribution in [0.4, 0.5) is 0 Å². The Morgan fingerprint density at radius 2 is 1.76 bits per heavy atom. The van der Waals surface area contributed by atoms with Crippen molar-refractivity contribution in [2.45, 2.75) is 10.6 Å². The Bertz CT molecular complexity index is 508. The number of carbonyl (C=O) groups is 1. The van der Waals surface area contributed by atoms with Crippen molar-refractivity contribution < 1.29 is 4.79 Å². The molecule has 0 saturated carbocycles. The molecule has 2 rings (SSSR count). The molecule has 0 aliphatic rings. The number of hydrogen-bond acceptors (Lipinski definition) is 2. The molecule has 0 bridgehead atoms. The van der Waals surface area contributed by atoms with Gasteiger partial charge in [-0.1, -0.05) is 46.3 Å². The van der Waals surface area contributed by atoms with Gasteiger partial charge in [0.1, 0.15) is 6.29 Å². The molecule has 0 unspecified atom stereocenters. The number of hydrogen-bond donors (Lipinski definition) is 0. The van der Waals surface area contributed by atoms with Gasteiger partial charge in [-0.3, -0.25) is 4.79 Å². The minimum atomic E-state index is 0.718. The van der Waals surface area contributed by atoms with E-state index in [0.29, 0.717) is 0 Å². The Labute approximate surface area is 113 Å². The van der Waals surface area contributed by atoms with Crippen molar-refractivity contribution in [1.29, 1.82) is 0 Å². The standard InChI is InChI=1S/C14H11BrOS/c15-14-4-2-1-3-12(14)10-17-13-7-5-11(9-16)6-8-13/h1-9H,10H2. The predicted molar refractivity (Wildman–Crippen MR) is 75.5 cm³/mol. The van der Waals surface area contributed by atoms with Gasteiger partial charge >= 0.3 is 0 Å². The van der Waals surface area contributed by atoms with E-state index in [1.54, 1.807) is 11.8 Å². The fourth-order valence-electron chi connectivity index (χ4n) is 1.42. The molecule has 0 heterocycles. The highest BCUT2D eigenvalue weighted by Crippen LogP contribution is 2.26. The molecule has 0 atom stereocenters. The molecule has 0 N–H and O–H groups in total. The number of carbonyl (C=O) groups excluding carboxylic acids is 1. The third kappa shape index (κ3) is 3.45. The van der Waals surface area contributed by atoms with Gasteiger partial charge in [0.2, 0.25) is 0 Å². The van der Waals surface area contributed by atoms with Gasteiger partial charge in [-0.25, -0.2) is 0 Å². The predicted octanol–water partition coefficient (Wildman–Crippen LogP) is 4.55. The molecular formula is C14H11BrOS. The minimum Gasteiger partial charge on any atom is -0.298 e. The molecule has 0 spiro atoms. The van der Waals surface area contributed by atoms with Gasteiger partial charge in [0.25, 0.3) is 0 Å². The van der Waals surface area contributed by atoms with Gasteiger partial charge in [0, 0.05) is 20.7 Å². The van der Waals surface area contributed by atoms with Gasteiger partial charge in [-0.05, 0) is 23.8 Å². The van der Waals surface area contributed by atoms with E-state index < -0.39 is 0 Å². The maximum atomic E-state index is 10.5. The van der Waals surface area contributed by atoms with Gasteiger partial charge in [-0.15, -0.1) is 11.8 Å². The first-order chi connectivity index (χ1) is 8.29. The van der Waals surface area contributed by atoms with Crippen molar-refractivity contribution in [1.82, 2.24) is 0 Å². The molecular weight excluding hydrogens is 296 g/mol. The molecule has 86 valence electrons. The lowest BCUT2D eigenvalue weighted by molar-refractivity contribution is 0.112. The molecule has 1 nitrogen and oxygen atoms in total. The monoisotopic (exact) mass is 306 g/mol. The zero-order valence-electron chi connectivity index (χ0n) is 9.10. The van der Waals surface area contributed by atoms with Gasteiger partial charge < -0.3 is 0 Å². The van der Waals surface area contributed by atoms with E-state index in [1.165, 1.54) is 10.5 Å². The van der Waals surface area contributed by atoms with E-state index in [0.717, 1.165) is 22.1 Å². The highest BCUT2D eigenvalue weighted by Gasteiger charge is 2.00. The van der Waals surface area contributed by atoms with E-state index in [1.807, 2.05) is 42.5 Å². The van der Waals surface area contributed by atoms with Crippen LogP contribution in [0.5, 0.6) is 0 Å². The lowest BCUT2D eigenvalue weighted by atomic mass is 10.2. The van der Waals surface area contributed by atoms with E-state index in [9.17, 15) is 4.79 Å². The first-order valence-electron chi connectivity index (χ1n) is 5.21. The normalized spacial score (nSPS) is 10.2. The molecule has 0 amide bonds. The third-order valence-corrected chi connectivity index (χ3v) is 4.20. The van der Waals surface area contributed by atoms with Crippen LogP contribution in [0.25, 0.3) is 0 Å². The lowest BCUT2D eigenvalue weighted by Crippen LogP contribution is -1.83. The van der Waals surface area contributed by atoms with E-state index in [-0.39, 0.29) is 0 Å². The Hall–Kier alpha value is -1.06. The van der Waals surface area contributed by atoms with Gasteiger partial charge in [0.05, 0.1) is 0 Å². The van der Waals surface area contributed by atoms with Crippen molar-refractivity contribution >= 4 is 34.0 Å². The van der Waals surface area contributed by atoms with E-state index in [4.69, 9.17) is 0 Å². The first-order valence-corrected chi connectivity index (χ1v) is 6.99. The zero-order chi connectivity index (χ0) is 12.1. The average Bonchev–Trinajstić information content (AvgIpc) is 2.38. The summed E-state index contributed by atoms with van der Waals surface area (Å²) in [5.74, 6) is 0.919. The second-order valence-corrected chi connectivity index (χ2v) is 5.47. The van der Waals surface area contributed by atoms with Crippen LogP contribution in [0.3, 0.4) is 0 Å². The van der Waals surface area contributed by atoms with Crippen LogP contribution in [0.15, 0.2) is 57.9 Å². The maximum Gasteiger partial charge on any atom is 0.150 e. The summed E-state index contributed by atoms with van der Waals surface area (Å²) in [5.41, 5.74) is 1.99. The number of rotatable bonds is 4. The smallest absolute Gasteiger partial charge is 0.150 e. The summed E-state index contributed by atoms with van der Waals surface area (Å²) in [6.45, 7) is 0. The molecule has 0 aliphatic carbocycles. The van der Waals surface area contributed by atoms with Crippen molar-refractivity contribution in [3.63, 3.8) is 0 Å². The van der Waals surface area contributed by atoms with E-state index >= 15 is 0 Å². The molecule has 0 aliphatic heterocycles. The van der Waals surface area contributed by atoms with Gasteiger partial charge in [0.15, 0.2) is 0 Å². The molecule has 3 heteroatoms. The fourth-order valence-corrected chi connectivity index (χ4v) is 2.93. The number of benzene rings is 2. The van der Waals surface area contributed by atoms with Crippen LogP contribution in [0, 0.1) is 0 Å². The molecule has 0 aromatic heterocycles. The van der Waals surface area contributed by atoms with E-state index in [2.05, 4.69) is 22.0 Å². The van der Waals surface area contributed by atoms with Crippen molar-refractivity contribution in [2.24, 2.45) is 0 Å². The van der Waals surface area contributed by atoms with Gasteiger partial charge in [-0.2, -0.15) is 0 Å².